The molecule has 0 radical (unpaired) electrons. The van der Waals surface area contributed by atoms with Crippen LogP contribution >= 0.6 is 0 Å². The summed E-state index contributed by atoms with van der Waals surface area (Å²) in [6, 6.07) is 9.78. The van der Waals surface area contributed by atoms with Crippen LogP contribution < -0.4 is 4.90 Å². The maximum absolute atomic E-state index is 13.8. The van der Waals surface area contributed by atoms with Crippen LogP contribution in [0, 0.1) is 0 Å². The molecule has 3 rings (SSSR count). The first kappa shape index (κ1) is 28.4. The van der Waals surface area contributed by atoms with Crippen molar-refractivity contribution in [2.24, 2.45) is 0 Å². The van der Waals surface area contributed by atoms with Crippen LogP contribution in [0.1, 0.15) is 72.1 Å². The number of hydrogen-bond donors (Lipinski definition) is 0. The molecule has 8 nitrogen and oxygen atoms in total. The van der Waals surface area contributed by atoms with Gasteiger partial charge in [0.2, 0.25) is 21.8 Å². The molecule has 0 atom stereocenters. The van der Waals surface area contributed by atoms with E-state index in [2.05, 4.69) is 11.8 Å². The molecule has 1 spiro atoms. The molecule has 0 N–H and O–H groups in total. The zero-order chi connectivity index (χ0) is 26.2. The first-order valence-corrected chi connectivity index (χ1v) is 15.3. The van der Waals surface area contributed by atoms with Gasteiger partial charge in [0.1, 0.15) is 12.1 Å². The fourth-order valence-corrected chi connectivity index (χ4v) is 7.06. The molecular weight excluding hydrogens is 476 g/mol. The van der Waals surface area contributed by atoms with Gasteiger partial charge in [0.05, 0.1) is 12.4 Å². The summed E-state index contributed by atoms with van der Waals surface area (Å²) < 4.78 is 27.6. The van der Waals surface area contributed by atoms with Crippen molar-refractivity contribution < 1.29 is 18.0 Å². The molecule has 2 heterocycles. The largest absolute Gasteiger partial charge is 0.342 e. The van der Waals surface area contributed by atoms with Crippen LogP contribution in [0.4, 0.5) is 5.69 Å². The Balaban J connectivity index is 1.70. The summed E-state index contributed by atoms with van der Waals surface area (Å²) in [6.45, 7) is 8.29. The van der Waals surface area contributed by atoms with Crippen molar-refractivity contribution in [1.82, 2.24) is 14.1 Å². The number of unbranched alkanes of at least 4 members (excludes halogenated alkanes) is 5. The number of carbonyl (C=O) groups excluding carboxylic acids is 2. The predicted octanol–water partition coefficient (Wildman–Crippen LogP) is 3.69. The third-order valence-electron chi connectivity index (χ3n) is 7.72. The van der Waals surface area contributed by atoms with Crippen LogP contribution in [0.15, 0.2) is 30.3 Å². The summed E-state index contributed by atoms with van der Waals surface area (Å²) in [4.78, 5) is 32.1. The summed E-state index contributed by atoms with van der Waals surface area (Å²) >= 11 is 0. The Kier molecular flexibility index (Phi) is 10.2. The van der Waals surface area contributed by atoms with Gasteiger partial charge in [-0.1, -0.05) is 57.2 Å². The summed E-state index contributed by atoms with van der Waals surface area (Å²) in [5.74, 6) is 0.0460. The Morgan fingerprint density at radius 3 is 2.17 bits per heavy atom. The molecule has 202 valence electrons. The van der Waals surface area contributed by atoms with Gasteiger partial charge in [-0.05, 0) is 45.2 Å². The number of para-hydroxylation sites is 1. The monoisotopic (exact) mass is 520 g/mol. The van der Waals surface area contributed by atoms with Crippen molar-refractivity contribution in [2.45, 2.75) is 77.7 Å². The van der Waals surface area contributed by atoms with E-state index < -0.39 is 15.6 Å². The molecule has 2 fully saturated rings. The molecule has 2 amide bonds. The van der Waals surface area contributed by atoms with Crippen molar-refractivity contribution in [2.75, 3.05) is 50.0 Å². The Morgan fingerprint density at radius 1 is 0.944 bits per heavy atom. The van der Waals surface area contributed by atoms with Gasteiger partial charge in [0, 0.05) is 31.9 Å². The highest BCUT2D eigenvalue weighted by atomic mass is 32.2. The second kappa shape index (κ2) is 12.9. The normalized spacial score (nSPS) is 18.2. The molecule has 0 unspecified atom stereocenters. The number of nitrogens with zero attached hydrogens (tertiary/aromatic N) is 4. The van der Waals surface area contributed by atoms with E-state index in [-0.39, 0.29) is 24.1 Å². The molecule has 2 aliphatic heterocycles. The predicted molar refractivity (Wildman–Crippen MR) is 144 cm³/mol. The zero-order valence-electron chi connectivity index (χ0n) is 22.3. The first-order chi connectivity index (χ1) is 17.3. The van der Waals surface area contributed by atoms with Crippen LogP contribution in [-0.2, 0) is 19.6 Å². The smallest absolute Gasteiger partial charge is 0.250 e. The number of hydrogen-bond acceptors (Lipinski definition) is 5. The Morgan fingerprint density at radius 2 is 1.56 bits per heavy atom. The van der Waals surface area contributed by atoms with Crippen LogP contribution in [0.5, 0.6) is 0 Å². The number of amides is 2. The Bertz CT molecular complexity index is 957. The third-order valence-corrected chi connectivity index (χ3v) is 9.68. The van der Waals surface area contributed by atoms with Gasteiger partial charge < -0.3 is 14.7 Å². The highest BCUT2D eigenvalue weighted by Crippen LogP contribution is 2.40. The van der Waals surface area contributed by atoms with Crippen molar-refractivity contribution in [3.05, 3.63) is 30.3 Å². The number of sulfonamides is 1. The van der Waals surface area contributed by atoms with Gasteiger partial charge in [-0.15, -0.1) is 0 Å². The van der Waals surface area contributed by atoms with E-state index in [1.165, 1.54) is 12.8 Å². The molecule has 0 bridgehead atoms. The van der Waals surface area contributed by atoms with Gasteiger partial charge in [0.15, 0.2) is 0 Å². The Labute approximate surface area is 217 Å². The minimum atomic E-state index is -3.34. The lowest BCUT2D eigenvalue weighted by atomic mass is 9.86. The van der Waals surface area contributed by atoms with Crippen LogP contribution in [0.3, 0.4) is 0 Å². The third kappa shape index (κ3) is 6.40. The molecule has 1 aromatic rings. The quantitative estimate of drug-likeness (QED) is 0.371. The second-order valence-corrected chi connectivity index (χ2v) is 12.1. The lowest BCUT2D eigenvalue weighted by Crippen LogP contribution is -2.57. The SMILES string of the molecule is CCCCCCCCS(=O)(=O)N1CCC2(CC1)C(=O)N(CC(=O)N(CC)CC)CN2c1ccccc1. The van der Waals surface area contributed by atoms with Crippen LogP contribution in [-0.4, -0.2) is 85.0 Å². The van der Waals surface area contributed by atoms with Gasteiger partial charge >= 0.3 is 0 Å². The van der Waals surface area contributed by atoms with Gasteiger partial charge in [0.25, 0.3) is 0 Å². The van der Waals surface area contributed by atoms with E-state index >= 15 is 0 Å². The molecule has 36 heavy (non-hydrogen) atoms. The van der Waals surface area contributed by atoms with Crippen molar-refractivity contribution in [3.63, 3.8) is 0 Å². The minimum absolute atomic E-state index is 0.0473. The van der Waals surface area contributed by atoms with Crippen molar-refractivity contribution in [3.8, 4) is 0 Å². The fourth-order valence-electron chi connectivity index (χ4n) is 5.49. The average Bonchev–Trinajstić information content (AvgIpc) is 3.13. The van der Waals surface area contributed by atoms with E-state index in [1.54, 1.807) is 14.1 Å². The number of benzene rings is 1. The molecule has 2 aliphatic rings. The van der Waals surface area contributed by atoms with Crippen molar-refractivity contribution in [1.29, 1.82) is 0 Å². The first-order valence-electron chi connectivity index (χ1n) is 13.7. The van der Waals surface area contributed by atoms with Gasteiger partial charge in [-0.2, -0.15) is 0 Å². The van der Waals surface area contributed by atoms with Crippen LogP contribution in [0.25, 0.3) is 0 Å². The molecule has 9 heteroatoms. The second-order valence-electron chi connectivity index (χ2n) is 9.99. The topological polar surface area (TPSA) is 81.2 Å². The molecule has 0 aliphatic carbocycles. The maximum atomic E-state index is 13.8. The van der Waals surface area contributed by atoms with Gasteiger partial charge in [-0.25, -0.2) is 12.7 Å². The molecule has 0 saturated carbocycles. The van der Waals surface area contributed by atoms with E-state index in [4.69, 9.17) is 0 Å². The van der Waals surface area contributed by atoms with Crippen molar-refractivity contribution >= 4 is 27.5 Å². The lowest BCUT2D eigenvalue weighted by Gasteiger charge is -2.42. The minimum Gasteiger partial charge on any atom is -0.342 e. The van der Waals surface area contributed by atoms with E-state index in [9.17, 15) is 18.0 Å². The maximum Gasteiger partial charge on any atom is 0.250 e. The molecular formula is C27H44N4O4S. The number of rotatable bonds is 13. The molecule has 2 saturated heterocycles. The van der Waals surface area contributed by atoms with E-state index in [0.29, 0.717) is 52.1 Å². The number of carbonyl (C=O) groups is 2. The van der Waals surface area contributed by atoms with Crippen LogP contribution in [0.2, 0.25) is 0 Å². The highest BCUT2D eigenvalue weighted by Gasteiger charge is 2.54. The highest BCUT2D eigenvalue weighted by molar-refractivity contribution is 7.89. The number of anilines is 1. The standard InChI is InChI=1S/C27H44N4O4S/c1-4-7-8-9-10-14-21-36(34,35)30-19-17-27(18-20-30)26(33)29(22-25(32)28(5-2)6-3)23-31(27)24-15-12-11-13-16-24/h11-13,15-16H,4-10,14,17-23H2,1-3H3. The molecule has 0 aromatic heterocycles. The summed E-state index contributed by atoms with van der Waals surface area (Å²) in [6.07, 6.45) is 7.08. The van der Waals surface area contributed by atoms with E-state index in [1.807, 2.05) is 44.2 Å². The van der Waals surface area contributed by atoms with Gasteiger partial charge in [-0.3, -0.25) is 9.59 Å². The molecule has 1 aromatic carbocycles. The number of likely N-dealkylation sites (N-methyl/N-ethyl adjacent to an activating group) is 1. The number of piperidine rings is 1. The lowest BCUT2D eigenvalue weighted by molar-refractivity contribution is -0.140. The van der Waals surface area contributed by atoms with E-state index in [0.717, 1.165) is 24.9 Å². The Hall–Kier alpha value is -2.13. The summed E-state index contributed by atoms with van der Waals surface area (Å²) in [5.41, 5.74) is 0.101. The average molecular weight is 521 g/mol. The summed E-state index contributed by atoms with van der Waals surface area (Å²) in [5, 5.41) is 0. The fraction of sp³-hybridized carbons (Fsp3) is 0.704. The zero-order valence-corrected chi connectivity index (χ0v) is 23.1. The summed E-state index contributed by atoms with van der Waals surface area (Å²) in [7, 11) is -3.34.